The van der Waals surface area contributed by atoms with Gasteiger partial charge in [-0.15, -0.1) is 0 Å². The minimum Gasteiger partial charge on any atom is -0.486 e. The lowest BCUT2D eigenvalue weighted by atomic mass is 10.1. The zero-order valence-electron chi connectivity index (χ0n) is 15.8. The fourth-order valence-electron chi connectivity index (χ4n) is 3.32. The first-order valence-electron chi connectivity index (χ1n) is 9.74. The molecule has 0 unspecified atom stereocenters. The lowest BCUT2D eigenvalue weighted by Gasteiger charge is -2.29. The number of fused-ring (bicyclic) bond motifs is 1. The van der Waals surface area contributed by atoms with E-state index >= 15 is 0 Å². The van der Waals surface area contributed by atoms with Crippen LogP contribution in [-0.2, 0) is 0 Å². The van der Waals surface area contributed by atoms with E-state index in [2.05, 4.69) is 4.90 Å². The number of rotatable bonds is 4. The number of aliphatic imine (C=N–C) groups is 1. The molecule has 0 amide bonds. The lowest BCUT2D eigenvalue weighted by Crippen LogP contribution is -2.34. The number of piperidine rings is 1. The number of benzene rings is 2. The Morgan fingerprint density at radius 1 is 0.964 bits per heavy atom. The molecule has 0 radical (unpaired) electrons. The van der Waals surface area contributed by atoms with Crippen LogP contribution in [0.25, 0.3) is 0 Å². The van der Waals surface area contributed by atoms with Crippen LogP contribution >= 0.6 is 11.8 Å². The van der Waals surface area contributed by atoms with Crippen molar-refractivity contribution in [3.8, 4) is 11.5 Å². The van der Waals surface area contributed by atoms with Crippen molar-refractivity contribution in [1.29, 1.82) is 0 Å². The van der Waals surface area contributed by atoms with Crippen LogP contribution in [0.15, 0.2) is 53.5 Å². The predicted octanol–water partition coefficient (Wildman–Crippen LogP) is 4.55. The Labute approximate surface area is 169 Å². The number of nitrogens with zero attached hydrogens (tertiary/aromatic N) is 2. The van der Waals surface area contributed by atoms with Crippen molar-refractivity contribution in [1.82, 2.24) is 4.90 Å². The van der Waals surface area contributed by atoms with Crippen LogP contribution in [0.4, 0.5) is 5.69 Å². The standard InChI is InChI=1S/C22H24N2O3S/c25-19(17-9-10-20-21(15-17)27-14-13-26-20)16-28-22(24-11-5-2-6-12-24)23-18-7-3-1-4-8-18/h1,3-4,7-10,15H,2,5-6,11-14,16H2. The molecule has 28 heavy (non-hydrogen) atoms. The third-order valence-corrected chi connectivity index (χ3v) is 5.82. The van der Waals surface area contributed by atoms with E-state index < -0.39 is 0 Å². The van der Waals surface area contributed by atoms with Gasteiger partial charge < -0.3 is 14.4 Å². The lowest BCUT2D eigenvalue weighted by molar-refractivity contribution is 0.102. The normalized spacial score (nSPS) is 16.7. The zero-order chi connectivity index (χ0) is 19.2. The van der Waals surface area contributed by atoms with Gasteiger partial charge in [-0.05, 0) is 49.6 Å². The van der Waals surface area contributed by atoms with Crippen molar-refractivity contribution in [2.75, 3.05) is 32.1 Å². The van der Waals surface area contributed by atoms with E-state index in [1.165, 1.54) is 31.0 Å². The number of likely N-dealkylation sites (tertiary alicyclic amines) is 1. The van der Waals surface area contributed by atoms with E-state index in [0.29, 0.717) is 36.0 Å². The second kappa shape index (κ2) is 9.15. The first kappa shape index (κ1) is 18.9. The Balaban J connectivity index is 1.47. The maximum Gasteiger partial charge on any atom is 0.173 e. The SMILES string of the molecule is O=C(CSC(=Nc1ccccc1)N1CCCCC1)c1ccc2c(c1)OCCO2. The molecular weight excluding hydrogens is 372 g/mol. The van der Waals surface area contributed by atoms with Gasteiger partial charge in [0, 0.05) is 18.7 Å². The molecule has 6 heteroatoms. The van der Waals surface area contributed by atoms with Gasteiger partial charge in [0.1, 0.15) is 13.2 Å². The minimum absolute atomic E-state index is 0.0692. The molecule has 1 fully saturated rings. The van der Waals surface area contributed by atoms with Gasteiger partial charge in [0.15, 0.2) is 22.4 Å². The van der Waals surface area contributed by atoms with E-state index in [1.54, 1.807) is 6.07 Å². The third-order valence-electron chi connectivity index (χ3n) is 4.80. The molecule has 0 N–H and O–H groups in total. The summed E-state index contributed by atoms with van der Waals surface area (Å²) in [4.78, 5) is 19.9. The maximum absolute atomic E-state index is 12.8. The first-order chi connectivity index (χ1) is 13.8. The van der Waals surface area contributed by atoms with Crippen LogP contribution in [0, 0.1) is 0 Å². The summed E-state index contributed by atoms with van der Waals surface area (Å²) < 4.78 is 11.1. The van der Waals surface area contributed by atoms with Crippen LogP contribution < -0.4 is 9.47 Å². The number of thioether (sulfide) groups is 1. The predicted molar refractivity (Wildman–Crippen MR) is 113 cm³/mol. The smallest absolute Gasteiger partial charge is 0.173 e. The van der Waals surface area contributed by atoms with E-state index in [1.807, 2.05) is 42.5 Å². The molecule has 146 valence electrons. The van der Waals surface area contributed by atoms with Gasteiger partial charge >= 0.3 is 0 Å². The number of carbonyl (C=O) groups excluding carboxylic acids is 1. The Hall–Kier alpha value is -2.47. The van der Waals surface area contributed by atoms with Gasteiger partial charge in [-0.3, -0.25) is 4.79 Å². The number of ether oxygens (including phenoxy) is 2. The molecule has 2 heterocycles. The molecule has 2 aliphatic rings. The Kier molecular flexibility index (Phi) is 6.17. The van der Waals surface area contributed by atoms with Crippen LogP contribution in [0.5, 0.6) is 11.5 Å². The van der Waals surface area contributed by atoms with Crippen LogP contribution in [-0.4, -0.2) is 47.9 Å². The number of para-hydroxylation sites is 1. The summed E-state index contributed by atoms with van der Waals surface area (Å²) in [5, 5.41) is 0.928. The van der Waals surface area contributed by atoms with E-state index in [4.69, 9.17) is 14.5 Å². The highest BCUT2D eigenvalue weighted by Gasteiger charge is 2.19. The molecule has 5 nitrogen and oxygen atoms in total. The highest BCUT2D eigenvalue weighted by atomic mass is 32.2. The van der Waals surface area contributed by atoms with Crippen molar-refractivity contribution in [3.63, 3.8) is 0 Å². The van der Waals surface area contributed by atoms with Crippen molar-refractivity contribution in [2.45, 2.75) is 19.3 Å². The molecule has 0 aliphatic carbocycles. The second-order valence-electron chi connectivity index (χ2n) is 6.85. The van der Waals surface area contributed by atoms with Crippen molar-refractivity contribution >= 4 is 28.4 Å². The van der Waals surface area contributed by atoms with Gasteiger partial charge in [0.2, 0.25) is 0 Å². The molecule has 2 aliphatic heterocycles. The van der Waals surface area contributed by atoms with Gasteiger partial charge in [-0.2, -0.15) is 0 Å². The Morgan fingerprint density at radius 2 is 1.71 bits per heavy atom. The van der Waals surface area contributed by atoms with Crippen LogP contribution in [0.2, 0.25) is 0 Å². The second-order valence-corrected chi connectivity index (χ2v) is 7.79. The van der Waals surface area contributed by atoms with Crippen LogP contribution in [0.1, 0.15) is 29.6 Å². The average molecular weight is 397 g/mol. The molecule has 2 aromatic carbocycles. The molecule has 2 aromatic rings. The number of Topliss-reactive ketones (excluding diaryl/α,β-unsaturated/α-hetero) is 1. The van der Waals surface area contributed by atoms with Crippen molar-refractivity contribution in [3.05, 3.63) is 54.1 Å². The fourth-order valence-corrected chi connectivity index (χ4v) is 4.28. The molecule has 0 bridgehead atoms. The molecule has 1 saturated heterocycles. The van der Waals surface area contributed by atoms with Crippen LogP contribution in [0.3, 0.4) is 0 Å². The van der Waals surface area contributed by atoms with Gasteiger partial charge in [0.05, 0.1) is 11.4 Å². The summed E-state index contributed by atoms with van der Waals surface area (Å²) >= 11 is 1.52. The summed E-state index contributed by atoms with van der Waals surface area (Å²) in [6.07, 6.45) is 3.60. The highest BCUT2D eigenvalue weighted by molar-refractivity contribution is 8.14. The van der Waals surface area contributed by atoms with Gasteiger partial charge in [-0.25, -0.2) is 4.99 Å². The first-order valence-corrected chi connectivity index (χ1v) is 10.7. The minimum atomic E-state index is 0.0692. The van der Waals surface area contributed by atoms with Gasteiger partial charge in [-0.1, -0.05) is 30.0 Å². The molecule has 0 spiro atoms. The number of hydrogen-bond acceptors (Lipinski definition) is 5. The Bertz CT molecular complexity index is 848. The monoisotopic (exact) mass is 396 g/mol. The van der Waals surface area contributed by atoms with Crippen molar-refractivity contribution in [2.24, 2.45) is 4.99 Å². The number of hydrogen-bond donors (Lipinski definition) is 0. The highest BCUT2D eigenvalue weighted by Crippen LogP contribution is 2.31. The average Bonchev–Trinajstić information content (AvgIpc) is 2.77. The van der Waals surface area contributed by atoms with E-state index in [0.717, 1.165) is 23.9 Å². The summed E-state index contributed by atoms with van der Waals surface area (Å²) in [5.74, 6) is 1.77. The molecule has 0 atom stereocenters. The number of carbonyl (C=O) groups is 1. The maximum atomic E-state index is 12.8. The quantitative estimate of drug-likeness (QED) is 0.431. The third kappa shape index (κ3) is 4.68. The fraction of sp³-hybridized carbons (Fsp3) is 0.364. The van der Waals surface area contributed by atoms with E-state index in [9.17, 15) is 4.79 Å². The molecular formula is C22H24N2O3S. The Morgan fingerprint density at radius 3 is 2.50 bits per heavy atom. The summed E-state index contributed by atoms with van der Waals surface area (Å²) in [7, 11) is 0. The number of amidine groups is 1. The zero-order valence-corrected chi connectivity index (χ0v) is 16.6. The number of ketones is 1. The molecule has 4 rings (SSSR count). The topological polar surface area (TPSA) is 51.1 Å². The van der Waals surface area contributed by atoms with Gasteiger partial charge in [0.25, 0.3) is 0 Å². The summed E-state index contributed by atoms with van der Waals surface area (Å²) in [5.41, 5.74) is 1.57. The molecule has 0 aromatic heterocycles. The van der Waals surface area contributed by atoms with E-state index in [-0.39, 0.29) is 5.78 Å². The summed E-state index contributed by atoms with van der Waals surface area (Å²) in [6.45, 7) is 3.06. The largest absolute Gasteiger partial charge is 0.486 e. The summed E-state index contributed by atoms with van der Waals surface area (Å²) in [6, 6.07) is 15.3. The molecule has 0 saturated carbocycles. The van der Waals surface area contributed by atoms with Crippen molar-refractivity contribution < 1.29 is 14.3 Å².